The van der Waals surface area contributed by atoms with E-state index in [1.165, 1.54) is 6.07 Å². The van der Waals surface area contributed by atoms with E-state index in [1.54, 1.807) is 11.5 Å². The van der Waals surface area contributed by atoms with Crippen molar-refractivity contribution < 1.29 is 32.6 Å². The number of morpholine rings is 1. The number of hydrogen-bond acceptors (Lipinski definition) is 6. The Morgan fingerprint density at radius 2 is 1.78 bits per heavy atom. The topological polar surface area (TPSA) is 102 Å². The molecule has 0 radical (unpaired) electrons. The average Bonchev–Trinajstić information content (AvgIpc) is 3.47. The summed E-state index contributed by atoms with van der Waals surface area (Å²) < 4.78 is 39.8. The molecule has 1 aromatic heterocycles. The molecular formula is C26H30F2N4O5. The molecule has 198 valence electrons. The third kappa shape index (κ3) is 5.03. The minimum atomic E-state index is -1.08. The highest BCUT2D eigenvalue weighted by molar-refractivity contribution is 6.43. The van der Waals surface area contributed by atoms with Crippen LogP contribution >= 0.6 is 0 Å². The van der Waals surface area contributed by atoms with Crippen molar-refractivity contribution in [2.45, 2.75) is 44.8 Å². The van der Waals surface area contributed by atoms with Crippen LogP contribution in [0.25, 0.3) is 0 Å². The fourth-order valence-electron chi connectivity index (χ4n) is 5.53. The SMILES string of the molecule is Cc1c(C(=O)Nc2ccc(F)c(F)c2)c2n(c1C(=O)C(=O)N[C@@H]1COCC1N1CCOCC1)CCCC2. The van der Waals surface area contributed by atoms with Crippen LogP contribution < -0.4 is 10.6 Å². The summed E-state index contributed by atoms with van der Waals surface area (Å²) in [5.41, 5.74) is 1.63. The van der Waals surface area contributed by atoms with Gasteiger partial charge in [-0.25, -0.2) is 8.78 Å². The molecule has 2 atom stereocenters. The molecule has 2 fully saturated rings. The van der Waals surface area contributed by atoms with Crippen molar-refractivity contribution in [3.8, 4) is 0 Å². The third-order valence-corrected chi connectivity index (χ3v) is 7.37. The number of aromatic nitrogens is 1. The summed E-state index contributed by atoms with van der Waals surface area (Å²) in [6.45, 7) is 5.61. The lowest BCUT2D eigenvalue weighted by Crippen LogP contribution is -2.55. The Labute approximate surface area is 213 Å². The van der Waals surface area contributed by atoms with E-state index in [4.69, 9.17) is 9.47 Å². The van der Waals surface area contributed by atoms with Crippen LogP contribution in [0.1, 0.15) is 44.9 Å². The Bertz CT molecular complexity index is 1220. The van der Waals surface area contributed by atoms with Crippen LogP contribution in [0.15, 0.2) is 18.2 Å². The molecule has 2 saturated heterocycles. The van der Waals surface area contributed by atoms with Crippen molar-refractivity contribution in [1.82, 2.24) is 14.8 Å². The molecule has 9 nitrogen and oxygen atoms in total. The first-order chi connectivity index (χ1) is 17.8. The highest BCUT2D eigenvalue weighted by atomic mass is 19.2. The van der Waals surface area contributed by atoms with Gasteiger partial charge in [0.15, 0.2) is 11.6 Å². The smallest absolute Gasteiger partial charge is 0.294 e. The molecule has 11 heteroatoms. The van der Waals surface area contributed by atoms with Gasteiger partial charge in [0.1, 0.15) is 0 Å². The quantitative estimate of drug-likeness (QED) is 0.450. The van der Waals surface area contributed by atoms with E-state index in [0.29, 0.717) is 50.7 Å². The van der Waals surface area contributed by atoms with Gasteiger partial charge >= 0.3 is 0 Å². The number of carbonyl (C=O) groups excluding carboxylic acids is 3. The number of Topliss-reactive ketones (excluding diaryl/α,β-unsaturated/α-hetero) is 1. The molecule has 1 aromatic carbocycles. The lowest BCUT2D eigenvalue weighted by molar-refractivity contribution is -0.118. The molecule has 0 saturated carbocycles. The van der Waals surface area contributed by atoms with E-state index in [9.17, 15) is 23.2 Å². The van der Waals surface area contributed by atoms with Crippen LogP contribution in [-0.4, -0.2) is 78.7 Å². The second kappa shape index (κ2) is 10.7. The van der Waals surface area contributed by atoms with Crippen molar-refractivity contribution >= 4 is 23.3 Å². The van der Waals surface area contributed by atoms with Crippen molar-refractivity contribution in [3.63, 3.8) is 0 Å². The van der Waals surface area contributed by atoms with Gasteiger partial charge in [-0.05, 0) is 43.9 Å². The molecule has 4 heterocycles. The number of nitrogens with one attached hydrogen (secondary N) is 2. The summed E-state index contributed by atoms with van der Waals surface area (Å²) >= 11 is 0. The Balaban J connectivity index is 1.37. The predicted molar refractivity (Wildman–Crippen MR) is 130 cm³/mol. The molecule has 3 aliphatic heterocycles. The zero-order valence-electron chi connectivity index (χ0n) is 20.6. The summed E-state index contributed by atoms with van der Waals surface area (Å²) in [5, 5.41) is 5.46. The van der Waals surface area contributed by atoms with E-state index in [2.05, 4.69) is 15.5 Å². The standard InChI is InChI=1S/C26H30F2N4O5/c1-15-22(25(34)29-16-5-6-17(27)18(28)12-16)20-4-2-3-7-32(20)23(15)24(33)26(35)30-19-13-37-14-21(19)31-8-10-36-11-9-31/h5-6,12,19,21H,2-4,7-11,13-14H2,1H3,(H,29,34)(H,30,35)/t19-,21?/m1/s1. The van der Waals surface area contributed by atoms with Crippen molar-refractivity contribution in [2.24, 2.45) is 0 Å². The summed E-state index contributed by atoms with van der Waals surface area (Å²) in [6.07, 6.45) is 2.20. The highest BCUT2D eigenvalue weighted by Gasteiger charge is 2.38. The zero-order valence-corrected chi connectivity index (χ0v) is 20.6. The van der Waals surface area contributed by atoms with Gasteiger partial charge in [0.05, 0.1) is 49.8 Å². The third-order valence-electron chi connectivity index (χ3n) is 7.37. The normalized spacial score (nSPS) is 21.9. The van der Waals surface area contributed by atoms with E-state index in [0.717, 1.165) is 38.1 Å². The minimum absolute atomic E-state index is 0.0413. The fourth-order valence-corrected chi connectivity index (χ4v) is 5.53. The predicted octanol–water partition coefficient (Wildman–Crippen LogP) is 2.06. The number of nitrogens with zero attached hydrogens (tertiary/aromatic N) is 2. The maximum Gasteiger partial charge on any atom is 0.294 e. The number of anilines is 1. The molecule has 2 amide bonds. The Morgan fingerprint density at radius 1 is 1.00 bits per heavy atom. The number of fused-ring (bicyclic) bond motifs is 1. The summed E-state index contributed by atoms with van der Waals surface area (Å²) in [6, 6.07) is 2.73. The number of ether oxygens (including phenoxy) is 2. The Morgan fingerprint density at radius 3 is 2.54 bits per heavy atom. The van der Waals surface area contributed by atoms with Crippen LogP contribution in [0.3, 0.4) is 0 Å². The minimum Gasteiger partial charge on any atom is -0.379 e. The highest BCUT2D eigenvalue weighted by Crippen LogP contribution is 2.30. The van der Waals surface area contributed by atoms with Gasteiger partial charge in [0, 0.05) is 37.1 Å². The van der Waals surface area contributed by atoms with Crippen molar-refractivity contribution in [1.29, 1.82) is 0 Å². The van der Waals surface area contributed by atoms with E-state index < -0.39 is 29.2 Å². The number of amides is 2. The van der Waals surface area contributed by atoms with Gasteiger partial charge in [-0.15, -0.1) is 0 Å². The second-order valence-corrected chi connectivity index (χ2v) is 9.65. The Kier molecular flexibility index (Phi) is 7.36. The van der Waals surface area contributed by atoms with Crippen LogP contribution in [0.4, 0.5) is 14.5 Å². The van der Waals surface area contributed by atoms with Gasteiger partial charge in [0.2, 0.25) is 0 Å². The molecule has 0 bridgehead atoms. The first kappa shape index (κ1) is 25.5. The van der Waals surface area contributed by atoms with Crippen LogP contribution in [0.5, 0.6) is 0 Å². The van der Waals surface area contributed by atoms with E-state index in [1.807, 2.05) is 0 Å². The molecule has 3 aliphatic rings. The summed E-state index contributed by atoms with van der Waals surface area (Å²) in [5.74, 6) is -4.08. The molecule has 2 N–H and O–H groups in total. The van der Waals surface area contributed by atoms with Crippen molar-refractivity contribution in [2.75, 3.05) is 44.8 Å². The number of hydrogen-bond donors (Lipinski definition) is 2. The number of ketones is 1. The van der Waals surface area contributed by atoms with Crippen LogP contribution in [0, 0.1) is 18.6 Å². The van der Waals surface area contributed by atoms with Gasteiger partial charge in [-0.2, -0.15) is 0 Å². The molecule has 2 aromatic rings. The number of carbonyl (C=O) groups is 3. The van der Waals surface area contributed by atoms with Gasteiger partial charge in [-0.3, -0.25) is 19.3 Å². The van der Waals surface area contributed by atoms with E-state index >= 15 is 0 Å². The lowest BCUT2D eigenvalue weighted by Gasteiger charge is -2.34. The molecular weight excluding hydrogens is 486 g/mol. The fraction of sp³-hybridized carbons (Fsp3) is 0.500. The molecule has 0 aliphatic carbocycles. The van der Waals surface area contributed by atoms with Crippen LogP contribution in [-0.2, 0) is 27.2 Å². The van der Waals surface area contributed by atoms with E-state index in [-0.39, 0.29) is 29.0 Å². The van der Waals surface area contributed by atoms with Crippen molar-refractivity contribution in [3.05, 3.63) is 52.3 Å². The Hall–Kier alpha value is -3.15. The number of halogens is 2. The molecule has 5 rings (SSSR count). The first-order valence-electron chi connectivity index (χ1n) is 12.6. The monoisotopic (exact) mass is 516 g/mol. The second-order valence-electron chi connectivity index (χ2n) is 9.65. The largest absolute Gasteiger partial charge is 0.379 e. The maximum absolute atomic E-state index is 13.7. The molecule has 0 spiro atoms. The zero-order chi connectivity index (χ0) is 26.1. The van der Waals surface area contributed by atoms with Gasteiger partial charge in [-0.1, -0.05) is 0 Å². The summed E-state index contributed by atoms with van der Waals surface area (Å²) in [7, 11) is 0. The molecule has 1 unspecified atom stereocenters. The number of rotatable bonds is 6. The maximum atomic E-state index is 13.7. The van der Waals surface area contributed by atoms with Crippen LogP contribution in [0.2, 0.25) is 0 Å². The van der Waals surface area contributed by atoms with Gasteiger partial charge < -0.3 is 24.7 Å². The lowest BCUT2D eigenvalue weighted by atomic mass is 10.0. The van der Waals surface area contributed by atoms with Gasteiger partial charge in [0.25, 0.3) is 17.6 Å². The average molecular weight is 517 g/mol. The number of benzene rings is 1. The molecule has 37 heavy (non-hydrogen) atoms. The summed E-state index contributed by atoms with van der Waals surface area (Å²) in [4.78, 5) is 42.0. The first-order valence-corrected chi connectivity index (χ1v) is 12.6.